The van der Waals surface area contributed by atoms with E-state index in [1.807, 2.05) is 0 Å². The second kappa shape index (κ2) is 4.36. The Kier molecular flexibility index (Phi) is 3.11. The van der Waals surface area contributed by atoms with Gasteiger partial charge in [-0.25, -0.2) is 0 Å². The summed E-state index contributed by atoms with van der Waals surface area (Å²) in [6.07, 6.45) is 3.72. The predicted octanol–water partition coefficient (Wildman–Crippen LogP) is 3.04. The van der Waals surface area contributed by atoms with Crippen LogP contribution in [-0.4, -0.2) is 11.7 Å². The molecule has 15 heavy (non-hydrogen) atoms. The van der Waals surface area contributed by atoms with E-state index in [0.717, 1.165) is 0 Å². The molecule has 0 aliphatic heterocycles. The summed E-state index contributed by atoms with van der Waals surface area (Å²) in [4.78, 5) is 0. The highest BCUT2D eigenvalue weighted by Crippen LogP contribution is 2.37. The molecule has 0 heterocycles. The van der Waals surface area contributed by atoms with Crippen LogP contribution in [0, 0.1) is 12.8 Å². The van der Waals surface area contributed by atoms with Crippen molar-refractivity contribution in [3.63, 3.8) is 0 Å². The zero-order chi connectivity index (χ0) is 10.8. The predicted molar refractivity (Wildman–Crippen MR) is 63.1 cm³/mol. The topological polar surface area (TPSA) is 20.2 Å². The number of benzene rings is 1. The lowest BCUT2D eigenvalue weighted by molar-refractivity contribution is 0.208. The highest BCUT2D eigenvalue weighted by Gasteiger charge is 2.24. The first kappa shape index (κ1) is 10.7. The smallest absolute Gasteiger partial charge is 0.0462 e. The molecule has 1 aliphatic carbocycles. The third kappa shape index (κ3) is 2.07. The van der Waals surface area contributed by atoms with E-state index < -0.39 is 0 Å². The lowest BCUT2D eigenvalue weighted by Crippen LogP contribution is -2.19. The maximum Gasteiger partial charge on any atom is 0.0462 e. The van der Waals surface area contributed by atoms with Crippen molar-refractivity contribution in [2.24, 2.45) is 5.92 Å². The van der Waals surface area contributed by atoms with Crippen LogP contribution in [0.15, 0.2) is 18.2 Å². The average Bonchev–Trinajstić information content (AvgIpc) is 2.27. The van der Waals surface area contributed by atoms with Crippen LogP contribution in [0.1, 0.15) is 42.4 Å². The van der Waals surface area contributed by atoms with Crippen molar-refractivity contribution in [3.05, 3.63) is 34.9 Å². The molecule has 0 saturated carbocycles. The molecule has 1 aliphatic rings. The number of hydrogen-bond donors (Lipinski definition) is 1. The minimum absolute atomic E-state index is 0.304. The van der Waals surface area contributed by atoms with Gasteiger partial charge < -0.3 is 5.11 Å². The Morgan fingerprint density at radius 1 is 1.47 bits per heavy atom. The molecule has 2 unspecified atom stereocenters. The molecule has 2 rings (SSSR count). The minimum atomic E-state index is 0.304. The maximum atomic E-state index is 9.28. The van der Waals surface area contributed by atoms with Crippen LogP contribution in [0.5, 0.6) is 0 Å². The molecule has 1 heteroatoms. The van der Waals surface area contributed by atoms with Crippen LogP contribution in [0.3, 0.4) is 0 Å². The molecule has 0 amide bonds. The molecule has 0 aromatic heterocycles. The van der Waals surface area contributed by atoms with E-state index in [1.54, 1.807) is 0 Å². The Labute approximate surface area is 92.1 Å². The minimum Gasteiger partial charge on any atom is -0.396 e. The van der Waals surface area contributed by atoms with E-state index in [-0.39, 0.29) is 0 Å². The van der Waals surface area contributed by atoms with E-state index in [4.69, 9.17) is 0 Å². The van der Waals surface area contributed by atoms with Gasteiger partial charge in [0.05, 0.1) is 0 Å². The monoisotopic (exact) mass is 204 g/mol. The van der Waals surface area contributed by atoms with E-state index in [1.165, 1.54) is 36.0 Å². The number of aliphatic hydroxyl groups is 1. The number of rotatable bonds is 2. The second-order valence-corrected chi connectivity index (χ2v) is 4.86. The average molecular weight is 204 g/mol. The Hall–Kier alpha value is -0.820. The van der Waals surface area contributed by atoms with Crippen molar-refractivity contribution < 1.29 is 5.11 Å². The fourth-order valence-electron chi connectivity index (χ4n) is 2.67. The summed E-state index contributed by atoms with van der Waals surface area (Å²) in [5.74, 6) is 0.962. The van der Waals surface area contributed by atoms with E-state index in [2.05, 4.69) is 32.0 Å². The normalized spacial score (nSPS) is 22.2. The summed E-state index contributed by atoms with van der Waals surface area (Å²) in [7, 11) is 0. The van der Waals surface area contributed by atoms with E-state index >= 15 is 0 Å². The van der Waals surface area contributed by atoms with Crippen LogP contribution in [-0.2, 0) is 6.42 Å². The van der Waals surface area contributed by atoms with Gasteiger partial charge in [0.25, 0.3) is 0 Å². The Bertz CT molecular complexity index is 343. The van der Waals surface area contributed by atoms with E-state index in [9.17, 15) is 5.11 Å². The van der Waals surface area contributed by atoms with Crippen LogP contribution in [0.25, 0.3) is 0 Å². The molecule has 0 radical (unpaired) electrons. The largest absolute Gasteiger partial charge is 0.396 e. The SMILES string of the molecule is Cc1ccc2c(c1)C(C(C)CO)CCC2. The molecule has 0 saturated heterocycles. The molecule has 2 atom stereocenters. The number of fused-ring (bicyclic) bond motifs is 1. The van der Waals surface area contributed by atoms with Crippen molar-refractivity contribution in [1.82, 2.24) is 0 Å². The Balaban J connectivity index is 2.36. The quantitative estimate of drug-likeness (QED) is 0.785. The lowest BCUT2D eigenvalue weighted by Gasteiger charge is -2.29. The zero-order valence-electron chi connectivity index (χ0n) is 9.66. The molecule has 1 aromatic rings. The lowest BCUT2D eigenvalue weighted by atomic mass is 9.76. The second-order valence-electron chi connectivity index (χ2n) is 4.86. The van der Waals surface area contributed by atoms with Crippen LogP contribution in [0.4, 0.5) is 0 Å². The first-order valence-electron chi connectivity index (χ1n) is 5.92. The highest BCUT2D eigenvalue weighted by molar-refractivity contribution is 5.36. The fraction of sp³-hybridized carbons (Fsp3) is 0.571. The number of aryl methyl sites for hydroxylation is 2. The van der Waals surface area contributed by atoms with Gasteiger partial charge in [-0.2, -0.15) is 0 Å². The Morgan fingerprint density at radius 3 is 3.00 bits per heavy atom. The number of aliphatic hydroxyl groups excluding tert-OH is 1. The van der Waals surface area contributed by atoms with Gasteiger partial charge in [-0.05, 0) is 49.1 Å². The third-order valence-corrected chi connectivity index (χ3v) is 3.64. The standard InChI is InChI=1S/C14H20O/c1-10-6-7-12-4-3-5-13(11(2)9-15)14(12)8-10/h6-8,11,13,15H,3-5,9H2,1-2H3. The van der Waals surface area contributed by atoms with Gasteiger partial charge in [0.1, 0.15) is 0 Å². The summed E-state index contributed by atoms with van der Waals surface area (Å²) in [5.41, 5.74) is 4.32. The van der Waals surface area contributed by atoms with Crippen molar-refractivity contribution >= 4 is 0 Å². The van der Waals surface area contributed by atoms with Crippen molar-refractivity contribution in [1.29, 1.82) is 0 Å². The maximum absolute atomic E-state index is 9.28. The fourth-order valence-corrected chi connectivity index (χ4v) is 2.67. The van der Waals surface area contributed by atoms with Gasteiger partial charge >= 0.3 is 0 Å². The van der Waals surface area contributed by atoms with Gasteiger partial charge in [0, 0.05) is 6.61 Å². The highest BCUT2D eigenvalue weighted by atomic mass is 16.3. The summed E-state index contributed by atoms with van der Waals surface area (Å²) in [5, 5.41) is 9.28. The van der Waals surface area contributed by atoms with E-state index in [0.29, 0.717) is 18.4 Å². The van der Waals surface area contributed by atoms with Crippen molar-refractivity contribution in [2.75, 3.05) is 6.61 Å². The first-order chi connectivity index (χ1) is 7.22. The molecule has 1 aromatic carbocycles. The summed E-state index contributed by atoms with van der Waals surface area (Å²) in [6.45, 7) is 4.61. The Morgan fingerprint density at radius 2 is 2.27 bits per heavy atom. The van der Waals surface area contributed by atoms with Crippen LogP contribution < -0.4 is 0 Å². The van der Waals surface area contributed by atoms with Gasteiger partial charge in [-0.3, -0.25) is 0 Å². The molecule has 0 spiro atoms. The molecule has 1 N–H and O–H groups in total. The van der Waals surface area contributed by atoms with Gasteiger partial charge in [0.15, 0.2) is 0 Å². The zero-order valence-corrected chi connectivity index (χ0v) is 9.66. The molecule has 82 valence electrons. The molecule has 1 nitrogen and oxygen atoms in total. The summed E-state index contributed by atoms with van der Waals surface area (Å²) < 4.78 is 0. The van der Waals surface area contributed by atoms with Gasteiger partial charge in [-0.1, -0.05) is 30.7 Å². The molecule has 0 bridgehead atoms. The van der Waals surface area contributed by atoms with Crippen molar-refractivity contribution in [2.45, 2.75) is 39.0 Å². The van der Waals surface area contributed by atoms with Crippen molar-refractivity contribution in [3.8, 4) is 0 Å². The van der Waals surface area contributed by atoms with Gasteiger partial charge in [-0.15, -0.1) is 0 Å². The molecule has 0 fully saturated rings. The van der Waals surface area contributed by atoms with Crippen LogP contribution in [0.2, 0.25) is 0 Å². The summed E-state index contributed by atoms with van der Waals surface area (Å²) in [6, 6.07) is 6.77. The summed E-state index contributed by atoms with van der Waals surface area (Å²) >= 11 is 0. The molecular weight excluding hydrogens is 184 g/mol. The molecular formula is C14H20O. The third-order valence-electron chi connectivity index (χ3n) is 3.64. The van der Waals surface area contributed by atoms with Crippen LogP contribution >= 0.6 is 0 Å². The number of hydrogen-bond acceptors (Lipinski definition) is 1. The first-order valence-corrected chi connectivity index (χ1v) is 5.92. The van der Waals surface area contributed by atoms with Gasteiger partial charge in [0.2, 0.25) is 0 Å².